The van der Waals surface area contributed by atoms with Crippen molar-refractivity contribution in [3.8, 4) is 16.9 Å². The van der Waals surface area contributed by atoms with Gasteiger partial charge in [-0.3, -0.25) is 10.2 Å². The normalized spacial score (nSPS) is 10.1. The van der Waals surface area contributed by atoms with Gasteiger partial charge >= 0.3 is 6.03 Å². The molecular weight excluding hydrogens is 367 g/mol. The molecule has 1 heterocycles. The minimum Gasteiger partial charge on any atom is -0.445 e. The Hall–Kier alpha value is -3.44. The number of hydrogen-bond acceptors (Lipinski definition) is 5. The summed E-state index contributed by atoms with van der Waals surface area (Å²) >= 11 is 1.12. The minimum absolute atomic E-state index is 0.340. The molecule has 3 aromatic rings. The molecule has 3 rings (SSSR count). The van der Waals surface area contributed by atoms with Gasteiger partial charge in [0, 0.05) is 18.8 Å². The molecule has 2 amide bonds. The molecule has 136 valence electrons. The van der Waals surface area contributed by atoms with E-state index in [1.807, 2.05) is 6.92 Å². The maximum absolute atomic E-state index is 13.2. The molecule has 0 aliphatic heterocycles. The van der Waals surface area contributed by atoms with Crippen molar-refractivity contribution in [3.63, 3.8) is 0 Å². The van der Waals surface area contributed by atoms with Gasteiger partial charge < -0.3 is 4.74 Å². The summed E-state index contributed by atoms with van der Waals surface area (Å²) < 4.78 is 18.7. The highest BCUT2D eigenvalue weighted by atomic mass is 32.1. The Labute approximate surface area is 159 Å². The third kappa shape index (κ3) is 4.40. The number of nitrogens with zero attached hydrogens (tertiary/aromatic N) is 3. The number of benzene rings is 2. The summed E-state index contributed by atoms with van der Waals surface area (Å²) in [5.74, 6) is -0.0558. The predicted octanol–water partition coefficient (Wildman–Crippen LogP) is 4.92. The first kappa shape index (κ1) is 18.4. The topological polar surface area (TPSA) is 78.3 Å². The van der Waals surface area contributed by atoms with Gasteiger partial charge in [-0.05, 0) is 36.8 Å². The fourth-order valence-electron chi connectivity index (χ4n) is 2.34. The van der Waals surface area contributed by atoms with E-state index in [9.17, 15) is 9.18 Å². The molecule has 2 aromatic carbocycles. The van der Waals surface area contributed by atoms with Crippen LogP contribution >= 0.6 is 11.3 Å². The Morgan fingerprint density at radius 2 is 2.15 bits per heavy atom. The Morgan fingerprint density at radius 1 is 1.33 bits per heavy atom. The molecule has 0 saturated heterocycles. The number of urea groups is 1. The molecule has 8 heteroatoms. The van der Waals surface area contributed by atoms with Gasteiger partial charge in [0.25, 0.3) is 0 Å². The van der Waals surface area contributed by atoms with Crippen LogP contribution in [0.2, 0.25) is 0 Å². The summed E-state index contributed by atoms with van der Waals surface area (Å²) in [5, 5.41) is 12.5. The summed E-state index contributed by atoms with van der Waals surface area (Å²) in [5.41, 5.74) is 1.95. The number of nitrogens with one attached hydrogen (secondary N) is 1. The molecular formula is C19H15FN4O2S. The van der Waals surface area contributed by atoms with Crippen LogP contribution in [0.15, 0.2) is 48.7 Å². The van der Waals surface area contributed by atoms with E-state index in [1.54, 1.807) is 37.4 Å². The summed E-state index contributed by atoms with van der Waals surface area (Å²) in [4.78, 5) is 18.0. The van der Waals surface area contributed by atoms with Gasteiger partial charge in [0.15, 0.2) is 5.13 Å². The van der Waals surface area contributed by atoms with E-state index >= 15 is 0 Å². The highest BCUT2D eigenvalue weighted by Gasteiger charge is 2.16. The summed E-state index contributed by atoms with van der Waals surface area (Å²) in [6.07, 6.45) is 1.45. The van der Waals surface area contributed by atoms with Crippen LogP contribution in [0.3, 0.4) is 0 Å². The lowest BCUT2D eigenvalue weighted by Crippen LogP contribution is -2.31. The van der Waals surface area contributed by atoms with Crippen LogP contribution in [-0.4, -0.2) is 18.1 Å². The van der Waals surface area contributed by atoms with Crippen molar-refractivity contribution in [1.82, 2.24) is 4.98 Å². The maximum Gasteiger partial charge on any atom is 0.327 e. The molecule has 27 heavy (non-hydrogen) atoms. The van der Waals surface area contributed by atoms with E-state index in [-0.39, 0.29) is 0 Å². The lowest BCUT2D eigenvalue weighted by atomic mass is 10.1. The van der Waals surface area contributed by atoms with Crippen LogP contribution in [-0.2, 0) is 0 Å². The number of aromatic nitrogens is 1. The summed E-state index contributed by atoms with van der Waals surface area (Å²) in [6.45, 7) is 1.86. The lowest BCUT2D eigenvalue weighted by Gasteiger charge is -2.19. The molecule has 6 nitrogen and oxygen atoms in total. The number of halogens is 1. The second kappa shape index (κ2) is 7.85. The van der Waals surface area contributed by atoms with E-state index in [0.29, 0.717) is 27.2 Å². The fourth-order valence-corrected chi connectivity index (χ4v) is 3.01. The van der Waals surface area contributed by atoms with Gasteiger partial charge in [-0.2, -0.15) is 5.26 Å². The summed E-state index contributed by atoms with van der Waals surface area (Å²) in [6, 6.07) is 12.5. The fraction of sp³-hybridized carbons (Fsp3) is 0.105. The highest BCUT2D eigenvalue weighted by molar-refractivity contribution is 7.17. The number of ether oxygens (including phenoxy) is 1. The van der Waals surface area contributed by atoms with Crippen LogP contribution in [0.1, 0.15) is 11.1 Å². The average molecular weight is 382 g/mol. The number of amides is 2. The molecule has 0 unspecified atom stereocenters. The van der Waals surface area contributed by atoms with Crippen molar-refractivity contribution in [2.45, 2.75) is 6.92 Å². The standard InChI is InChI=1S/C19H15FN4O2S/c1-12-6-7-13(10-21)8-16(12)24(2)19(25)23-18-22-11-17(27-18)26-15-5-3-4-14(20)9-15/h3-9,11H,1-2H3,(H,22,23,25). The molecule has 0 fully saturated rings. The van der Waals surface area contributed by atoms with E-state index in [4.69, 9.17) is 10.00 Å². The Bertz CT molecular complexity index is 1030. The number of aryl methyl sites for hydroxylation is 1. The number of hydrogen-bond donors (Lipinski definition) is 1. The van der Waals surface area contributed by atoms with Crippen LogP contribution < -0.4 is 15.0 Å². The third-order valence-corrected chi connectivity index (χ3v) is 4.51. The largest absolute Gasteiger partial charge is 0.445 e. The van der Waals surface area contributed by atoms with E-state index in [1.165, 1.54) is 23.2 Å². The van der Waals surface area contributed by atoms with Crippen molar-refractivity contribution in [3.05, 3.63) is 65.6 Å². The summed E-state index contributed by atoms with van der Waals surface area (Å²) in [7, 11) is 1.61. The zero-order valence-corrected chi connectivity index (χ0v) is 15.4. The Balaban J connectivity index is 1.70. The second-order valence-corrected chi connectivity index (χ2v) is 6.64. The first-order chi connectivity index (χ1) is 13.0. The van der Waals surface area contributed by atoms with Gasteiger partial charge in [-0.15, -0.1) is 0 Å². The van der Waals surface area contributed by atoms with Crippen molar-refractivity contribution >= 4 is 28.2 Å². The second-order valence-electron chi connectivity index (χ2n) is 5.65. The van der Waals surface area contributed by atoms with Crippen LogP contribution in [0.4, 0.5) is 20.0 Å². The Kier molecular flexibility index (Phi) is 5.33. The Morgan fingerprint density at radius 3 is 2.89 bits per heavy atom. The zero-order chi connectivity index (χ0) is 19.4. The van der Waals surface area contributed by atoms with Gasteiger partial charge in [0.05, 0.1) is 17.8 Å². The number of carbonyl (C=O) groups is 1. The van der Waals surface area contributed by atoms with E-state index in [0.717, 1.165) is 16.9 Å². The minimum atomic E-state index is -0.403. The third-order valence-electron chi connectivity index (χ3n) is 3.72. The van der Waals surface area contributed by atoms with Crippen molar-refractivity contribution in [1.29, 1.82) is 5.26 Å². The molecule has 0 saturated carbocycles. The maximum atomic E-state index is 13.2. The van der Waals surface area contributed by atoms with E-state index in [2.05, 4.69) is 16.4 Å². The molecule has 0 aliphatic rings. The molecule has 0 atom stereocenters. The van der Waals surface area contributed by atoms with Gasteiger partial charge in [-0.25, -0.2) is 14.2 Å². The quantitative estimate of drug-likeness (QED) is 0.694. The number of carbonyl (C=O) groups excluding carboxylic acids is 1. The van der Waals surface area contributed by atoms with E-state index < -0.39 is 11.8 Å². The number of thiazole rings is 1. The number of anilines is 2. The van der Waals surface area contributed by atoms with Crippen LogP contribution in [0.25, 0.3) is 0 Å². The van der Waals surface area contributed by atoms with Crippen LogP contribution in [0.5, 0.6) is 10.8 Å². The molecule has 0 radical (unpaired) electrons. The van der Waals surface area contributed by atoms with Gasteiger partial charge in [0.2, 0.25) is 5.06 Å². The van der Waals surface area contributed by atoms with Crippen molar-refractivity contribution < 1.29 is 13.9 Å². The molecule has 0 spiro atoms. The SMILES string of the molecule is Cc1ccc(C#N)cc1N(C)C(=O)Nc1ncc(Oc2cccc(F)c2)s1. The zero-order valence-electron chi connectivity index (χ0n) is 14.6. The number of rotatable bonds is 4. The predicted molar refractivity (Wildman–Crippen MR) is 102 cm³/mol. The van der Waals surface area contributed by atoms with Crippen molar-refractivity contribution in [2.24, 2.45) is 0 Å². The highest BCUT2D eigenvalue weighted by Crippen LogP contribution is 2.31. The monoisotopic (exact) mass is 382 g/mol. The smallest absolute Gasteiger partial charge is 0.327 e. The molecule has 1 aromatic heterocycles. The lowest BCUT2D eigenvalue weighted by molar-refractivity contribution is 0.258. The van der Waals surface area contributed by atoms with Crippen LogP contribution in [0, 0.1) is 24.1 Å². The van der Waals surface area contributed by atoms with Gasteiger partial charge in [0.1, 0.15) is 11.6 Å². The molecule has 1 N–H and O–H groups in total. The first-order valence-corrected chi connectivity index (χ1v) is 8.72. The van der Waals surface area contributed by atoms with Gasteiger partial charge in [-0.1, -0.05) is 23.5 Å². The molecule has 0 aliphatic carbocycles. The number of nitriles is 1. The molecule has 0 bridgehead atoms. The average Bonchev–Trinajstić information content (AvgIpc) is 3.08. The first-order valence-electron chi connectivity index (χ1n) is 7.91. The van der Waals surface area contributed by atoms with Crippen molar-refractivity contribution in [2.75, 3.05) is 17.3 Å².